The van der Waals surface area contributed by atoms with Gasteiger partial charge in [0.15, 0.2) is 5.13 Å². The molecule has 1 unspecified atom stereocenters. The van der Waals surface area contributed by atoms with Crippen LogP contribution in [0, 0.1) is 12.8 Å². The Morgan fingerprint density at radius 3 is 2.64 bits per heavy atom. The van der Waals surface area contributed by atoms with Gasteiger partial charge in [-0.05, 0) is 30.9 Å². The first-order valence-electron chi connectivity index (χ1n) is 8.06. The highest BCUT2D eigenvalue weighted by Crippen LogP contribution is 2.34. The molecule has 138 valence electrons. The van der Waals surface area contributed by atoms with Gasteiger partial charge in [0.1, 0.15) is 6.29 Å². The minimum absolute atomic E-state index is 0.381. The molecule has 7 heteroatoms. The minimum atomic E-state index is -0.523. The number of nitrogens with two attached hydrogens (primary N) is 1. The van der Waals surface area contributed by atoms with E-state index < -0.39 is 6.04 Å². The molecule has 0 amide bonds. The zero-order valence-corrected chi connectivity index (χ0v) is 16.6. The maximum Gasteiger partial charge on any atom is 0.183 e. The third kappa shape index (κ3) is 6.40. The molecule has 1 heterocycles. The molecule has 0 radical (unpaired) electrons. The predicted octanol–water partition coefficient (Wildman–Crippen LogP) is 3.52. The summed E-state index contributed by atoms with van der Waals surface area (Å²) in [5, 5.41) is 11.7. The highest BCUT2D eigenvalue weighted by molar-refractivity contribution is 7.16. The first-order chi connectivity index (χ1) is 11.9. The summed E-state index contributed by atoms with van der Waals surface area (Å²) < 4.78 is 0. The van der Waals surface area contributed by atoms with Crippen LogP contribution in [0.1, 0.15) is 24.3 Å². The number of aliphatic hydroxyl groups excluding tert-OH is 1. The molecular formula is C18H26ClN3O2S. The number of nitrogens with one attached hydrogen (secondary N) is 1. The van der Waals surface area contributed by atoms with Crippen LogP contribution >= 0.6 is 22.9 Å². The number of hydrogen-bond acceptors (Lipinski definition) is 6. The lowest BCUT2D eigenvalue weighted by Gasteiger charge is -2.06. The van der Waals surface area contributed by atoms with Crippen LogP contribution in [0.2, 0.25) is 5.02 Å². The summed E-state index contributed by atoms with van der Waals surface area (Å²) >= 11 is 7.86. The van der Waals surface area contributed by atoms with E-state index >= 15 is 0 Å². The van der Waals surface area contributed by atoms with Gasteiger partial charge in [-0.1, -0.05) is 37.6 Å². The zero-order chi connectivity index (χ0) is 19.0. The Labute approximate surface area is 158 Å². The van der Waals surface area contributed by atoms with E-state index in [1.807, 2.05) is 25.1 Å². The third-order valence-corrected chi connectivity index (χ3v) is 4.84. The Bertz CT molecular complexity index is 689. The first kappa shape index (κ1) is 21.6. The van der Waals surface area contributed by atoms with Crippen LogP contribution in [-0.4, -0.2) is 36.1 Å². The molecule has 25 heavy (non-hydrogen) atoms. The number of aromatic nitrogens is 1. The lowest BCUT2D eigenvalue weighted by molar-refractivity contribution is -0.108. The maximum absolute atomic E-state index is 10.6. The number of nitrogens with zero attached hydrogens (tertiary/aromatic N) is 1. The van der Waals surface area contributed by atoms with Crippen LogP contribution in [0.4, 0.5) is 5.13 Å². The SMILES string of the molecule is CO.Cc1ccc(-c2nc(NCC(N)C=O)sc2CC(C)C)cc1Cl. The fraction of sp³-hybridized carbons (Fsp3) is 0.444. The number of benzene rings is 1. The van der Waals surface area contributed by atoms with Crippen molar-refractivity contribution in [3.05, 3.63) is 33.7 Å². The molecule has 0 aliphatic heterocycles. The number of aryl methyl sites for hydroxylation is 1. The van der Waals surface area contributed by atoms with Crippen LogP contribution in [0.5, 0.6) is 0 Å². The fourth-order valence-corrected chi connectivity index (χ4v) is 3.54. The van der Waals surface area contributed by atoms with Crippen molar-refractivity contribution in [1.29, 1.82) is 0 Å². The number of aliphatic hydroxyl groups is 1. The van der Waals surface area contributed by atoms with Crippen molar-refractivity contribution in [2.75, 3.05) is 19.0 Å². The van der Waals surface area contributed by atoms with E-state index in [9.17, 15) is 4.79 Å². The highest BCUT2D eigenvalue weighted by Gasteiger charge is 2.15. The molecule has 2 rings (SSSR count). The van der Waals surface area contributed by atoms with Crippen LogP contribution in [-0.2, 0) is 11.2 Å². The molecule has 2 aromatic rings. The summed E-state index contributed by atoms with van der Waals surface area (Å²) in [7, 11) is 1.00. The Morgan fingerprint density at radius 1 is 1.40 bits per heavy atom. The second kappa shape index (κ2) is 10.5. The lowest BCUT2D eigenvalue weighted by atomic mass is 10.0. The average molecular weight is 384 g/mol. The van der Waals surface area contributed by atoms with Gasteiger partial charge in [0.2, 0.25) is 0 Å². The van der Waals surface area contributed by atoms with Crippen LogP contribution in [0.15, 0.2) is 18.2 Å². The molecule has 1 aromatic heterocycles. The molecule has 0 saturated carbocycles. The monoisotopic (exact) mass is 383 g/mol. The van der Waals surface area contributed by atoms with Gasteiger partial charge in [0.05, 0.1) is 11.7 Å². The molecule has 1 atom stereocenters. The first-order valence-corrected chi connectivity index (χ1v) is 9.25. The molecule has 4 N–H and O–H groups in total. The molecule has 0 bridgehead atoms. The van der Waals surface area contributed by atoms with E-state index in [1.54, 1.807) is 11.3 Å². The van der Waals surface area contributed by atoms with Crippen LogP contribution in [0.25, 0.3) is 11.3 Å². The smallest absolute Gasteiger partial charge is 0.183 e. The van der Waals surface area contributed by atoms with Crippen molar-refractivity contribution in [2.24, 2.45) is 11.7 Å². The molecule has 0 aliphatic carbocycles. The Morgan fingerprint density at radius 2 is 2.08 bits per heavy atom. The Kier molecular flexibility index (Phi) is 9.06. The van der Waals surface area contributed by atoms with Crippen LogP contribution < -0.4 is 11.1 Å². The number of rotatable bonds is 7. The van der Waals surface area contributed by atoms with Gasteiger partial charge < -0.3 is 21.0 Å². The summed E-state index contributed by atoms with van der Waals surface area (Å²) in [5.74, 6) is 0.528. The Hall–Kier alpha value is -1.47. The molecular weight excluding hydrogens is 358 g/mol. The van der Waals surface area contributed by atoms with E-state index in [-0.39, 0.29) is 0 Å². The van der Waals surface area contributed by atoms with Gasteiger partial charge in [0, 0.05) is 29.1 Å². The molecule has 5 nitrogen and oxygen atoms in total. The van der Waals surface area contributed by atoms with Gasteiger partial charge in [-0.25, -0.2) is 4.98 Å². The van der Waals surface area contributed by atoms with Crippen molar-refractivity contribution in [3.63, 3.8) is 0 Å². The predicted molar refractivity (Wildman–Crippen MR) is 107 cm³/mol. The topological polar surface area (TPSA) is 88.2 Å². The normalized spacial score (nSPS) is 11.7. The average Bonchev–Trinajstić information content (AvgIpc) is 2.99. The summed E-state index contributed by atoms with van der Waals surface area (Å²) in [5.41, 5.74) is 8.64. The minimum Gasteiger partial charge on any atom is -0.400 e. The van der Waals surface area contributed by atoms with Crippen molar-refractivity contribution >= 4 is 34.4 Å². The second-order valence-electron chi connectivity index (χ2n) is 6.03. The largest absolute Gasteiger partial charge is 0.400 e. The van der Waals surface area contributed by atoms with Crippen molar-refractivity contribution in [1.82, 2.24) is 4.98 Å². The highest BCUT2D eigenvalue weighted by atomic mass is 35.5. The van der Waals surface area contributed by atoms with Crippen molar-refractivity contribution in [3.8, 4) is 11.3 Å². The van der Waals surface area contributed by atoms with Gasteiger partial charge in [-0.15, -0.1) is 11.3 Å². The summed E-state index contributed by atoms with van der Waals surface area (Å²) in [6, 6.07) is 5.48. The van der Waals surface area contributed by atoms with Gasteiger partial charge >= 0.3 is 0 Å². The van der Waals surface area contributed by atoms with Crippen molar-refractivity contribution in [2.45, 2.75) is 33.2 Å². The maximum atomic E-state index is 10.6. The van der Waals surface area contributed by atoms with Gasteiger partial charge in [0.25, 0.3) is 0 Å². The third-order valence-electron chi connectivity index (χ3n) is 3.40. The van der Waals surface area contributed by atoms with Gasteiger partial charge in [-0.3, -0.25) is 0 Å². The number of thiazole rings is 1. The molecule has 0 aliphatic rings. The number of anilines is 1. The van der Waals surface area contributed by atoms with E-state index in [2.05, 4.69) is 24.1 Å². The summed E-state index contributed by atoms with van der Waals surface area (Å²) in [6.45, 7) is 6.73. The molecule has 1 aromatic carbocycles. The molecule has 0 spiro atoms. The summed E-state index contributed by atoms with van der Waals surface area (Å²) in [6.07, 6.45) is 1.68. The standard InChI is InChI=1S/C17H22ClN3OS.CH4O/c1-10(2)6-15-16(12-5-4-11(3)14(18)7-12)21-17(23-15)20-8-13(19)9-22;1-2/h4-5,7,9-10,13H,6,8,19H2,1-3H3,(H,20,21);2H,1H3. The van der Waals surface area contributed by atoms with E-state index in [4.69, 9.17) is 22.4 Å². The Balaban J connectivity index is 0.00000151. The molecule has 0 saturated heterocycles. The number of hydrogen-bond donors (Lipinski definition) is 3. The number of carbonyl (C=O) groups is 1. The van der Waals surface area contributed by atoms with Crippen molar-refractivity contribution < 1.29 is 9.90 Å². The summed E-state index contributed by atoms with van der Waals surface area (Å²) in [4.78, 5) is 16.5. The van der Waals surface area contributed by atoms with E-state index in [0.29, 0.717) is 12.5 Å². The van der Waals surface area contributed by atoms with E-state index in [1.165, 1.54) is 4.88 Å². The van der Waals surface area contributed by atoms with E-state index in [0.717, 1.165) is 46.8 Å². The second-order valence-corrected chi connectivity index (χ2v) is 7.52. The zero-order valence-electron chi connectivity index (χ0n) is 15.0. The van der Waals surface area contributed by atoms with Gasteiger partial charge in [-0.2, -0.15) is 0 Å². The lowest BCUT2D eigenvalue weighted by Crippen LogP contribution is -2.30. The number of carbonyl (C=O) groups excluding carboxylic acids is 1. The fourth-order valence-electron chi connectivity index (χ4n) is 2.16. The quantitative estimate of drug-likeness (QED) is 0.636. The molecule has 0 fully saturated rings. The van der Waals surface area contributed by atoms with Crippen LogP contribution in [0.3, 0.4) is 0 Å². The number of halogens is 1. The number of aldehydes is 1.